The summed E-state index contributed by atoms with van der Waals surface area (Å²) in [6.45, 7) is 6.06. The van der Waals surface area contributed by atoms with Gasteiger partial charge in [-0.3, -0.25) is 0 Å². The monoisotopic (exact) mass is 296 g/mol. The second-order valence-corrected chi connectivity index (χ2v) is 5.40. The molecule has 0 amide bonds. The van der Waals surface area contributed by atoms with Gasteiger partial charge in [0.15, 0.2) is 0 Å². The van der Waals surface area contributed by atoms with E-state index in [-0.39, 0.29) is 17.2 Å². The van der Waals surface area contributed by atoms with Crippen LogP contribution in [0.15, 0.2) is 18.2 Å². The number of rotatable bonds is 7. The van der Waals surface area contributed by atoms with Gasteiger partial charge in [-0.25, -0.2) is 14.0 Å². The number of carboxylic acids is 1. The number of hydrogen-bond donors (Lipinski definition) is 1. The molecule has 1 rings (SSSR count). The fraction of sp³-hybridized carbons (Fsp3) is 0.500. The first-order chi connectivity index (χ1) is 9.85. The van der Waals surface area contributed by atoms with E-state index in [2.05, 4.69) is 13.8 Å². The molecule has 4 nitrogen and oxygen atoms in total. The molecule has 1 N–H and O–H groups in total. The van der Waals surface area contributed by atoms with E-state index < -0.39 is 17.8 Å². The lowest BCUT2D eigenvalue weighted by Crippen LogP contribution is -2.20. The summed E-state index contributed by atoms with van der Waals surface area (Å²) in [4.78, 5) is 23.2. The van der Waals surface area contributed by atoms with Crippen molar-refractivity contribution in [2.75, 3.05) is 0 Å². The highest BCUT2D eigenvalue weighted by atomic mass is 19.1. The summed E-state index contributed by atoms with van der Waals surface area (Å²) in [5, 5.41) is 9.03. The SMILES string of the molecule is CCC(CCC(C)C)OC(=O)c1ccc(F)cc1C(=O)O. The summed E-state index contributed by atoms with van der Waals surface area (Å²) < 4.78 is 18.4. The average Bonchev–Trinajstić information content (AvgIpc) is 2.42. The van der Waals surface area contributed by atoms with Gasteiger partial charge in [0.1, 0.15) is 11.9 Å². The minimum atomic E-state index is -1.35. The topological polar surface area (TPSA) is 63.6 Å². The maximum atomic E-state index is 13.1. The molecule has 21 heavy (non-hydrogen) atoms. The number of ether oxygens (including phenoxy) is 1. The molecule has 0 saturated carbocycles. The maximum Gasteiger partial charge on any atom is 0.339 e. The molecule has 1 unspecified atom stereocenters. The van der Waals surface area contributed by atoms with E-state index >= 15 is 0 Å². The van der Waals surface area contributed by atoms with Crippen molar-refractivity contribution >= 4 is 11.9 Å². The highest BCUT2D eigenvalue weighted by Gasteiger charge is 2.21. The van der Waals surface area contributed by atoms with Crippen LogP contribution in [0.2, 0.25) is 0 Å². The van der Waals surface area contributed by atoms with E-state index in [1.165, 1.54) is 0 Å². The molecule has 0 heterocycles. The number of carbonyl (C=O) groups excluding carboxylic acids is 1. The number of carboxylic acid groups (broad SMARTS) is 1. The zero-order chi connectivity index (χ0) is 16.0. The fourth-order valence-electron chi connectivity index (χ4n) is 1.95. The van der Waals surface area contributed by atoms with Gasteiger partial charge in [-0.05, 0) is 43.4 Å². The van der Waals surface area contributed by atoms with Gasteiger partial charge in [-0.2, -0.15) is 0 Å². The van der Waals surface area contributed by atoms with E-state index in [0.29, 0.717) is 12.3 Å². The third kappa shape index (κ3) is 5.17. The molecule has 116 valence electrons. The van der Waals surface area contributed by atoms with Crippen molar-refractivity contribution < 1.29 is 23.8 Å². The van der Waals surface area contributed by atoms with Gasteiger partial charge in [-0.15, -0.1) is 0 Å². The van der Waals surface area contributed by atoms with Crippen LogP contribution < -0.4 is 0 Å². The van der Waals surface area contributed by atoms with E-state index in [0.717, 1.165) is 31.0 Å². The molecular weight excluding hydrogens is 275 g/mol. The predicted octanol–water partition coefficient (Wildman–Crippen LogP) is 3.90. The third-order valence-electron chi connectivity index (χ3n) is 3.23. The number of aromatic carboxylic acids is 1. The van der Waals surface area contributed by atoms with Crippen LogP contribution in [0.1, 0.15) is 60.7 Å². The molecule has 0 aromatic heterocycles. The Morgan fingerprint density at radius 2 is 1.90 bits per heavy atom. The Kier molecular flexibility index (Phi) is 6.34. The van der Waals surface area contributed by atoms with Crippen LogP contribution in [0.5, 0.6) is 0 Å². The first-order valence-electron chi connectivity index (χ1n) is 7.09. The largest absolute Gasteiger partial charge is 0.478 e. The lowest BCUT2D eigenvalue weighted by molar-refractivity contribution is 0.0255. The first-order valence-corrected chi connectivity index (χ1v) is 7.09. The summed E-state index contributed by atoms with van der Waals surface area (Å²) in [6.07, 6.45) is 2.04. The van der Waals surface area contributed by atoms with Gasteiger partial charge in [0, 0.05) is 0 Å². The minimum Gasteiger partial charge on any atom is -0.478 e. The van der Waals surface area contributed by atoms with Gasteiger partial charge < -0.3 is 9.84 Å². The van der Waals surface area contributed by atoms with Gasteiger partial charge in [-0.1, -0.05) is 20.8 Å². The number of benzene rings is 1. The third-order valence-corrected chi connectivity index (χ3v) is 3.23. The zero-order valence-corrected chi connectivity index (χ0v) is 12.6. The Labute approximate surface area is 123 Å². The number of esters is 1. The minimum absolute atomic E-state index is 0.119. The molecule has 1 aromatic carbocycles. The molecule has 1 atom stereocenters. The van der Waals surface area contributed by atoms with E-state index in [9.17, 15) is 14.0 Å². The standard InChI is InChI=1S/C16H21FO4/c1-4-12(7-5-10(2)3)21-16(20)13-8-6-11(17)9-14(13)15(18)19/h6,8-10,12H,4-5,7H2,1-3H3,(H,18,19). The van der Waals surface area contributed by atoms with Crippen LogP contribution in [0.4, 0.5) is 4.39 Å². The summed E-state index contributed by atoms with van der Waals surface area (Å²) in [7, 11) is 0. The quantitative estimate of drug-likeness (QED) is 0.775. The Hall–Kier alpha value is -1.91. The second kappa shape index (κ2) is 7.76. The molecule has 5 heteroatoms. The molecule has 1 aromatic rings. The fourth-order valence-corrected chi connectivity index (χ4v) is 1.95. The number of hydrogen-bond acceptors (Lipinski definition) is 3. The summed E-state index contributed by atoms with van der Waals surface area (Å²) in [5.41, 5.74) is -0.495. The Morgan fingerprint density at radius 3 is 2.43 bits per heavy atom. The molecule has 0 fully saturated rings. The van der Waals surface area contributed by atoms with Crippen LogP contribution in [0.3, 0.4) is 0 Å². The summed E-state index contributed by atoms with van der Waals surface area (Å²) in [5.74, 6) is -2.27. The van der Waals surface area contributed by atoms with Crippen molar-refractivity contribution in [3.05, 3.63) is 35.1 Å². The summed E-state index contributed by atoms with van der Waals surface area (Å²) >= 11 is 0. The highest BCUT2D eigenvalue weighted by molar-refractivity contribution is 6.02. The number of carbonyl (C=O) groups is 2. The lowest BCUT2D eigenvalue weighted by Gasteiger charge is -2.17. The van der Waals surface area contributed by atoms with Crippen molar-refractivity contribution in [1.29, 1.82) is 0 Å². The van der Waals surface area contributed by atoms with Crippen LogP contribution in [0.25, 0.3) is 0 Å². The lowest BCUT2D eigenvalue weighted by atomic mass is 10.0. The van der Waals surface area contributed by atoms with E-state index in [4.69, 9.17) is 9.84 Å². The molecule has 0 saturated heterocycles. The first kappa shape index (κ1) is 17.1. The molecule has 0 radical (unpaired) electrons. The Morgan fingerprint density at radius 1 is 1.24 bits per heavy atom. The van der Waals surface area contributed by atoms with Crippen LogP contribution >= 0.6 is 0 Å². The Bertz CT molecular complexity index is 511. The molecule has 0 aliphatic heterocycles. The van der Waals surface area contributed by atoms with E-state index in [1.807, 2.05) is 6.92 Å². The van der Waals surface area contributed by atoms with Crippen molar-refractivity contribution in [3.63, 3.8) is 0 Å². The van der Waals surface area contributed by atoms with Crippen molar-refractivity contribution in [1.82, 2.24) is 0 Å². The van der Waals surface area contributed by atoms with Gasteiger partial charge in [0.25, 0.3) is 0 Å². The van der Waals surface area contributed by atoms with Gasteiger partial charge >= 0.3 is 11.9 Å². The molecule has 0 aliphatic carbocycles. The van der Waals surface area contributed by atoms with Crippen molar-refractivity contribution in [3.8, 4) is 0 Å². The second-order valence-electron chi connectivity index (χ2n) is 5.40. The van der Waals surface area contributed by atoms with Crippen LogP contribution in [-0.4, -0.2) is 23.1 Å². The summed E-state index contributed by atoms with van der Waals surface area (Å²) in [6, 6.07) is 3.03. The molecule has 0 aliphatic rings. The van der Waals surface area contributed by atoms with Crippen molar-refractivity contribution in [2.45, 2.75) is 46.1 Å². The maximum absolute atomic E-state index is 13.1. The molecule has 0 spiro atoms. The number of halogens is 1. The van der Waals surface area contributed by atoms with Gasteiger partial charge in [0.2, 0.25) is 0 Å². The molecule has 0 bridgehead atoms. The molecular formula is C16H21FO4. The zero-order valence-electron chi connectivity index (χ0n) is 12.6. The normalized spacial score (nSPS) is 12.2. The average molecular weight is 296 g/mol. The van der Waals surface area contributed by atoms with E-state index in [1.54, 1.807) is 0 Å². The van der Waals surface area contributed by atoms with Crippen molar-refractivity contribution in [2.24, 2.45) is 5.92 Å². The predicted molar refractivity (Wildman–Crippen MR) is 76.9 cm³/mol. The van der Waals surface area contributed by atoms with Crippen LogP contribution in [-0.2, 0) is 4.74 Å². The van der Waals surface area contributed by atoms with Gasteiger partial charge in [0.05, 0.1) is 11.1 Å². The Balaban J connectivity index is 2.85. The highest BCUT2D eigenvalue weighted by Crippen LogP contribution is 2.17. The smallest absolute Gasteiger partial charge is 0.339 e. The van der Waals surface area contributed by atoms with Crippen LogP contribution in [0, 0.1) is 11.7 Å².